The molecule has 11 heteroatoms. The van der Waals surface area contributed by atoms with Crippen molar-refractivity contribution in [3.05, 3.63) is 23.6 Å². The Kier molecular flexibility index (Phi) is 5.59. The average molecular weight is 418 g/mol. The van der Waals surface area contributed by atoms with E-state index in [-0.39, 0.29) is 42.6 Å². The quantitative estimate of drug-likeness (QED) is 0.433. The standard InChI is InChI=1S/C17H15ClF3N3O4/c1-9(25)27-14-7-12-11(15(18)23-8-22-12)6-13(14)28-10-2-4-24(5-3-10)16(26)17(19,20)21/h6-8,10H,2-5H2,1H3. The minimum atomic E-state index is -4.90. The van der Waals surface area contributed by atoms with Gasteiger partial charge in [0.15, 0.2) is 11.5 Å². The van der Waals surface area contributed by atoms with Crippen LogP contribution in [0.3, 0.4) is 0 Å². The zero-order valence-electron chi connectivity index (χ0n) is 14.6. The molecule has 1 amide bonds. The molecule has 1 saturated heterocycles. The molecule has 2 heterocycles. The number of carbonyl (C=O) groups is 2. The SMILES string of the molecule is CC(=O)Oc1cc2ncnc(Cl)c2cc1OC1CCN(C(=O)C(F)(F)F)CC1. The molecule has 0 radical (unpaired) electrons. The van der Waals surface area contributed by atoms with E-state index in [9.17, 15) is 22.8 Å². The molecule has 1 aliphatic rings. The lowest BCUT2D eigenvalue weighted by atomic mass is 10.1. The zero-order chi connectivity index (χ0) is 20.5. The topological polar surface area (TPSA) is 81.6 Å². The number of hydrogen-bond acceptors (Lipinski definition) is 6. The Balaban J connectivity index is 1.79. The summed E-state index contributed by atoms with van der Waals surface area (Å²) in [5.74, 6) is -2.13. The van der Waals surface area contributed by atoms with Crippen LogP contribution in [0.25, 0.3) is 10.9 Å². The van der Waals surface area contributed by atoms with Gasteiger partial charge in [-0.15, -0.1) is 0 Å². The summed E-state index contributed by atoms with van der Waals surface area (Å²) in [6.45, 7) is 1.04. The number of halogens is 4. The molecule has 1 aliphatic heterocycles. The molecule has 0 unspecified atom stereocenters. The molecule has 0 spiro atoms. The van der Waals surface area contributed by atoms with Crippen LogP contribution in [-0.4, -0.2) is 52.1 Å². The van der Waals surface area contributed by atoms with Crippen LogP contribution in [0.1, 0.15) is 19.8 Å². The number of esters is 1. The first kappa shape index (κ1) is 20.1. The number of hydrogen-bond donors (Lipinski definition) is 0. The lowest BCUT2D eigenvalue weighted by Gasteiger charge is -2.32. The van der Waals surface area contributed by atoms with E-state index in [2.05, 4.69) is 9.97 Å². The minimum absolute atomic E-state index is 0.0939. The van der Waals surface area contributed by atoms with Gasteiger partial charge < -0.3 is 14.4 Å². The summed E-state index contributed by atoms with van der Waals surface area (Å²) < 4.78 is 48.6. The van der Waals surface area contributed by atoms with Crippen molar-refractivity contribution in [2.24, 2.45) is 0 Å². The van der Waals surface area contributed by atoms with Gasteiger partial charge in [0.1, 0.15) is 17.6 Å². The smallest absolute Gasteiger partial charge is 0.471 e. The van der Waals surface area contributed by atoms with Crippen LogP contribution >= 0.6 is 11.6 Å². The van der Waals surface area contributed by atoms with Crippen molar-refractivity contribution in [1.29, 1.82) is 0 Å². The first-order chi connectivity index (χ1) is 13.1. The number of rotatable bonds is 3. The monoisotopic (exact) mass is 417 g/mol. The molecule has 28 heavy (non-hydrogen) atoms. The zero-order valence-corrected chi connectivity index (χ0v) is 15.4. The fourth-order valence-electron chi connectivity index (χ4n) is 2.89. The summed E-state index contributed by atoms with van der Waals surface area (Å²) >= 11 is 6.06. The maximum Gasteiger partial charge on any atom is 0.471 e. The number of alkyl halides is 3. The highest BCUT2D eigenvalue weighted by Crippen LogP contribution is 2.36. The summed E-state index contributed by atoms with van der Waals surface area (Å²) in [5, 5.41) is 0.648. The largest absolute Gasteiger partial charge is 0.486 e. The number of aromatic nitrogens is 2. The fraction of sp³-hybridized carbons (Fsp3) is 0.412. The van der Waals surface area contributed by atoms with Gasteiger partial charge in [-0.1, -0.05) is 11.6 Å². The third-order valence-electron chi connectivity index (χ3n) is 4.17. The second-order valence-corrected chi connectivity index (χ2v) is 6.54. The Labute approximate surface area is 162 Å². The van der Waals surface area contributed by atoms with E-state index in [1.165, 1.54) is 25.4 Å². The van der Waals surface area contributed by atoms with Gasteiger partial charge in [-0.05, 0) is 6.07 Å². The van der Waals surface area contributed by atoms with Gasteiger partial charge in [0, 0.05) is 44.3 Å². The van der Waals surface area contributed by atoms with Gasteiger partial charge in [0.2, 0.25) is 0 Å². The van der Waals surface area contributed by atoms with Crippen molar-refractivity contribution in [2.75, 3.05) is 13.1 Å². The van der Waals surface area contributed by atoms with E-state index in [1.807, 2.05) is 0 Å². The Bertz CT molecular complexity index is 914. The third kappa shape index (κ3) is 4.44. The Morgan fingerprint density at radius 3 is 2.46 bits per heavy atom. The fourth-order valence-corrected chi connectivity index (χ4v) is 3.09. The normalized spacial score (nSPS) is 15.5. The number of fused-ring (bicyclic) bond motifs is 1. The third-order valence-corrected chi connectivity index (χ3v) is 4.47. The number of piperidine rings is 1. The van der Waals surface area contributed by atoms with Crippen LogP contribution in [-0.2, 0) is 9.59 Å². The predicted octanol–water partition coefficient (Wildman–Crippen LogP) is 3.14. The molecular formula is C17H15ClF3N3O4. The van der Waals surface area contributed by atoms with Gasteiger partial charge in [-0.3, -0.25) is 9.59 Å². The van der Waals surface area contributed by atoms with Crippen LogP contribution in [0.5, 0.6) is 11.5 Å². The van der Waals surface area contributed by atoms with E-state index < -0.39 is 24.2 Å². The summed E-state index contributed by atoms with van der Waals surface area (Å²) in [7, 11) is 0. The van der Waals surface area contributed by atoms with E-state index in [4.69, 9.17) is 21.1 Å². The van der Waals surface area contributed by atoms with Crippen LogP contribution < -0.4 is 9.47 Å². The molecule has 1 aromatic carbocycles. The molecular weight excluding hydrogens is 403 g/mol. The van der Waals surface area contributed by atoms with Crippen molar-refractivity contribution in [2.45, 2.75) is 32.0 Å². The Morgan fingerprint density at radius 1 is 1.18 bits per heavy atom. The maximum atomic E-state index is 12.5. The molecule has 0 N–H and O–H groups in total. The van der Waals surface area contributed by atoms with Crippen LogP contribution in [0.15, 0.2) is 18.5 Å². The number of amides is 1. The van der Waals surface area contributed by atoms with Crippen LogP contribution in [0.2, 0.25) is 5.15 Å². The summed E-state index contributed by atoms with van der Waals surface area (Å²) in [6, 6.07) is 2.99. The molecule has 150 valence electrons. The van der Waals surface area contributed by atoms with Crippen molar-refractivity contribution in [1.82, 2.24) is 14.9 Å². The number of carbonyl (C=O) groups excluding carboxylic acids is 2. The molecule has 3 rings (SSSR count). The first-order valence-electron chi connectivity index (χ1n) is 8.30. The highest BCUT2D eigenvalue weighted by molar-refractivity contribution is 6.34. The number of benzene rings is 1. The molecule has 7 nitrogen and oxygen atoms in total. The van der Waals surface area contributed by atoms with Crippen molar-refractivity contribution >= 4 is 34.4 Å². The first-order valence-corrected chi connectivity index (χ1v) is 8.68. The van der Waals surface area contributed by atoms with Gasteiger partial charge in [-0.25, -0.2) is 9.97 Å². The average Bonchev–Trinajstić information content (AvgIpc) is 2.62. The highest BCUT2D eigenvalue weighted by Gasteiger charge is 2.43. The summed E-state index contributed by atoms with van der Waals surface area (Å²) in [6.07, 6.45) is -3.72. The van der Waals surface area contributed by atoms with Crippen molar-refractivity contribution < 1.29 is 32.2 Å². The molecule has 2 aromatic rings. The van der Waals surface area contributed by atoms with Crippen LogP contribution in [0, 0.1) is 0 Å². The lowest BCUT2D eigenvalue weighted by Crippen LogP contribution is -2.47. The maximum absolute atomic E-state index is 12.5. The van der Waals surface area contributed by atoms with Gasteiger partial charge in [0.25, 0.3) is 0 Å². The second-order valence-electron chi connectivity index (χ2n) is 6.18. The van der Waals surface area contributed by atoms with E-state index >= 15 is 0 Å². The van der Waals surface area contributed by atoms with E-state index in [1.54, 1.807) is 0 Å². The second kappa shape index (κ2) is 7.78. The molecule has 0 aliphatic carbocycles. The number of nitrogens with zero attached hydrogens (tertiary/aromatic N) is 3. The molecule has 0 bridgehead atoms. The molecule has 0 saturated carbocycles. The van der Waals surface area contributed by atoms with Gasteiger partial charge >= 0.3 is 18.1 Å². The molecule has 0 atom stereocenters. The number of likely N-dealkylation sites (tertiary alicyclic amines) is 1. The molecule has 1 aromatic heterocycles. The van der Waals surface area contributed by atoms with E-state index in [0.29, 0.717) is 10.9 Å². The van der Waals surface area contributed by atoms with E-state index in [0.717, 1.165) is 4.90 Å². The summed E-state index contributed by atoms with van der Waals surface area (Å²) in [5.41, 5.74) is 0.439. The Morgan fingerprint density at radius 2 is 1.86 bits per heavy atom. The lowest BCUT2D eigenvalue weighted by molar-refractivity contribution is -0.187. The number of ether oxygens (including phenoxy) is 2. The van der Waals surface area contributed by atoms with Crippen molar-refractivity contribution in [3.8, 4) is 11.5 Å². The molecule has 1 fully saturated rings. The summed E-state index contributed by atoms with van der Waals surface area (Å²) in [4.78, 5) is 31.4. The van der Waals surface area contributed by atoms with Crippen LogP contribution in [0.4, 0.5) is 13.2 Å². The van der Waals surface area contributed by atoms with Gasteiger partial charge in [0.05, 0.1) is 5.52 Å². The van der Waals surface area contributed by atoms with Gasteiger partial charge in [-0.2, -0.15) is 13.2 Å². The minimum Gasteiger partial charge on any atom is -0.486 e. The Hall–Kier alpha value is -2.62. The van der Waals surface area contributed by atoms with Crippen molar-refractivity contribution in [3.63, 3.8) is 0 Å². The highest BCUT2D eigenvalue weighted by atomic mass is 35.5. The predicted molar refractivity (Wildman–Crippen MR) is 92.1 cm³/mol.